The van der Waals surface area contributed by atoms with Crippen LogP contribution >= 0.6 is 23.1 Å². The van der Waals surface area contributed by atoms with Gasteiger partial charge in [0.1, 0.15) is 10.1 Å². The Morgan fingerprint density at radius 2 is 2.14 bits per heavy atom. The fraction of sp³-hybridized carbons (Fsp3) is 0.533. The van der Waals surface area contributed by atoms with Gasteiger partial charge in [-0.05, 0) is 31.2 Å². The number of thioether (sulfide) groups is 1. The first-order valence-corrected chi connectivity index (χ1v) is 9.19. The number of cyclic esters (lactones) is 1. The summed E-state index contributed by atoms with van der Waals surface area (Å²) in [4.78, 5) is 31.2. The zero-order valence-electron chi connectivity index (χ0n) is 12.3. The summed E-state index contributed by atoms with van der Waals surface area (Å²) in [5.74, 6) is -0.204. The minimum atomic E-state index is -0.245. The molecule has 0 bridgehead atoms. The van der Waals surface area contributed by atoms with Crippen molar-refractivity contribution in [1.82, 2.24) is 9.55 Å². The van der Waals surface area contributed by atoms with Gasteiger partial charge in [-0.3, -0.25) is 14.2 Å². The molecule has 1 aliphatic carbocycles. The lowest BCUT2D eigenvalue weighted by atomic mass is 9.97. The summed E-state index contributed by atoms with van der Waals surface area (Å²) in [6.45, 7) is 0.458. The predicted molar refractivity (Wildman–Crippen MR) is 86.7 cm³/mol. The normalized spacial score (nSPS) is 21.1. The van der Waals surface area contributed by atoms with Gasteiger partial charge >= 0.3 is 5.97 Å². The van der Waals surface area contributed by atoms with Crippen LogP contribution in [0.25, 0.3) is 10.2 Å². The first-order chi connectivity index (χ1) is 10.6. The van der Waals surface area contributed by atoms with E-state index in [0.717, 1.165) is 29.5 Å². The number of esters is 1. The van der Waals surface area contributed by atoms with Crippen LogP contribution in [0.2, 0.25) is 0 Å². The maximum atomic E-state index is 12.7. The molecule has 0 amide bonds. The van der Waals surface area contributed by atoms with Gasteiger partial charge in [0.05, 0.1) is 12.0 Å². The molecular formula is C15H16N2O3S2. The Balaban J connectivity index is 1.82. The second-order valence-corrected chi connectivity index (χ2v) is 7.97. The molecule has 0 spiro atoms. The van der Waals surface area contributed by atoms with Crippen molar-refractivity contribution in [3.63, 3.8) is 0 Å². The molecule has 1 aliphatic heterocycles. The van der Waals surface area contributed by atoms with Gasteiger partial charge in [-0.2, -0.15) is 0 Å². The Morgan fingerprint density at radius 3 is 2.91 bits per heavy atom. The van der Waals surface area contributed by atoms with E-state index in [4.69, 9.17) is 4.74 Å². The van der Waals surface area contributed by atoms with Crippen LogP contribution in [0.4, 0.5) is 0 Å². The molecule has 4 rings (SSSR count). The first kappa shape index (κ1) is 14.3. The van der Waals surface area contributed by atoms with Crippen molar-refractivity contribution in [1.29, 1.82) is 0 Å². The molecule has 7 heteroatoms. The van der Waals surface area contributed by atoms with Crippen LogP contribution in [0.5, 0.6) is 0 Å². The van der Waals surface area contributed by atoms with Crippen LogP contribution in [-0.4, -0.2) is 27.4 Å². The fourth-order valence-corrected chi connectivity index (χ4v) is 5.41. The zero-order chi connectivity index (χ0) is 15.3. The predicted octanol–water partition coefficient (Wildman–Crippen LogP) is 2.28. The molecule has 0 radical (unpaired) electrons. The Hall–Kier alpha value is -1.34. The molecule has 0 saturated carbocycles. The Bertz CT molecular complexity index is 824. The summed E-state index contributed by atoms with van der Waals surface area (Å²) in [5, 5.41) is 1.16. The number of fused-ring (bicyclic) bond motifs is 3. The van der Waals surface area contributed by atoms with E-state index < -0.39 is 0 Å². The maximum Gasteiger partial charge on any atom is 0.319 e. The molecule has 2 aromatic heterocycles. The van der Waals surface area contributed by atoms with Crippen molar-refractivity contribution in [2.45, 2.75) is 42.5 Å². The number of hydrogen-bond acceptors (Lipinski definition) is 6. The van der Waals surface area contributed by atoms with E-state index in [2.05, 4.69) is 4.98 Å². The third-order valence-corrected chi connectivity index (χ3v) is 6.76. The molecule has 2 aromatic rings. The number of aromatic nitrogens is 2. The number of nitrogens with zero attached hydrogens (tertiary/aromatic N) is 2. The molecule has 5 nitrogen and oxygen atoms in total. The average molecular weight is 336 g/mol. The number of carbonyl (C=O) groups excluding carboxylic acids is 1. The summed E-state index contributed by atoms with van der Waals surface area (Å²) in [7, 11) is 1.74. The van der Waals surface area contributed by atoms with E-state index >= 15 is 0 Å². The molecule has 2 aliphatic rings. The van der Waals surface area contributed by atoms with E-state index in [9.17, 15) is 9.59 Å². The van der Waals surface area contributed by atoms with E-state index in [-0.39, 0.29) is 16.8 Å². The van der Waals surface area contributed by atoms with Gasteiger partial charge < -0.3 is 4.74 Å². The van der Waals surface area contributed by atoms with Crippen LogP contribution in [0.3, 0.4) is 0 Å². The molecule has 0 N–H and O–H groups in total. The molecular weight excluding hydrogens is 320 g/mol. The molecule has 1 atom stereocenters. The van der Waals surface area contributed by atoms with Gasteiger partial charge in [-0.15, -0.1) is 11.3 Å². The molecule has 3 heterocycles. The van der Waals surface area contributed by atoms with Crippen molar-refractivity contribution in [3.05, 3.63) is 20.8 Å². The number of hydrogen-bond donors (Lipinski definition) is 0. The van der Waals surface area contributed by atoms with E-state index in [1.54, 1.807) is 23.0 Å². The highest BCUT2D eigenvalue weighted by molar-refractivity contribution is 8.00. The average Bonchev–Trinajstić information content (AvgIpc) is 3.08. The number of ether oxygens (including phenoxy) is 1. The molecule has 1 unspecified atom stereocenters. The highest BCUT2D eigenvalue weighted by Crippen LogP contribution is 2.35. The highest BCUT2D eigenvalue weighted by atomic mass is 32.2. The quantitative estimate of drug-likeness (QED) is 0.622. The van der Waals surface area contributed by atoms with Crippen molar-refractivity contribution in [3.8, 4) is 0 Å². The van der Waals surface area contributed by atoms with Crippen molar-refractivity contribution >= 4 is 39.3 Å². The lowest BCUT2D eigenvalue weighted by Crippen LogP contribution is -2.22. The number of carbonyl (C=O) groups is 1. The summed E-state index contributed by atoms with van der Waals surface area (Å²) >= 11 is 2.99. The third kappa shape index (κ3) is 2.18. The Kier molecular flexibility index (Phi) is 3.49. The third-order valence-electron chi connectivity index (χ3n) is 4.29. The van der Waals surface area contributed by atoms with Crippen molar-refractivity contribution in [2.24, 2.45) is 7.05 Å². The van der Waals surface area contributed by atoms with E-state index in [1.165, 1.54) is 28.6 Å². The van der Waals surface area contributed by atoms with Gasteiger partial charge in [-0.25, -0.2) is 4.98 Å². The number of thiophene rings is 1. The Labute approximate surface area is 135 Å². The van der Waals surface area contributed by atoms with Crippen molar-refractivity contribution < 1.29 is 9.53 Å². The lowest BCUT2D eigenvalue weighted by molar-refractivity contribution is -0.137. The summed E-state index contributed by atoms with van der Waals surface area (Å²) in [6, 6.07) is 0. The topological polar surface area (TPSA) is 61.2 Å². The number of aryl methyl sites for hydroxylation is 2. The summed E-state index contributed by atoms with van der Waals surface area (Å²) < 4.78 is 6.57. The molecule has 116 valence electrons. The van der Waals surface area contributed by atoms with Gasteiger partial charge in [0.25, 0.3) is 5.56 Å². The van der Waals surface area contributed by atoms with Crippen LogP contribution < -0.4 is 5.56 Å². The van der Waals surface area contributed by atoms with Crippen LogP contribution in [-0.2, 0) is 29.4 Å². The smallest absolute Gasteiger partial charge is 0.319 e. The molecule has 0 aromatic carbocycles. The summed E-state index contributed by atoms with van der Waals surface area (Å²) in [5.41, 5.74) is 1.22. The van der Waals surface area contributed by atoms with E-state index in [0.29, 0.717) is 18.2 Å². The zero-order valence-corrected chi connectivity index (χ0v) is 13.9. The molecule has 1 saturated heterocycles. The number of rotatable bonds is 2. The summed E-state index contributed by atoms with van der Waals surface area (Å²) in [6.07, 6.45) is 5.05. The molecule has 1 fully saturated rings. The standard InChI is InChI=1S/C15H16N2O3S2/c1-17-13(18)11-8-4-2-3-5-9(8)21-12(11)16-15(17)22-10-6-7-20-14(10)19/h10H,2-7H2,1H3. The van der Waals surface area contributed by atoms with Gasteiger partial charge in [0.2, 0.25) is 0 Å². The SMILES string of the molecule is Cn1c(SC2CCOC2=O)nc2sc3c(c2c1=O)CCCC3. The van der Waals surface area contributed by atoms with E-state index in [1.807, 2.05) is 0 Å². The minimum Gasteiger partial charge on any atom is -0.465 e. The van der Waals surface area contributed by atoms with Crippen LogP contribution in [0, 0.1) is 0 Å². The maximum absolute atomic E-state index is 12.7. The highest BCUT2D eigenvalue weighted by Gasteiger charge is 2.30. The fourth-order valence-electron chi connectivity index (χ4n) is 3.08. The van der Waals surface area contributed by atoms with Gasteiger partial charge in [-0.1, -0.05) is 11.8 Å². The monoisotopic (exact) mass is 336 g/mol. The van der Waals surface area contributed by atoms with Crippen molar-refractivity contribution in [2.75, 3.05) is 6.61 Å². The second kappa shape index (κ2) is 5.38. The minimum absolute atomic E-state index is 0.0123. The van der Waals surface area contributed by atoms with Gasteiger partial charge in [0.15, 0.2) is 5.16 Å². The Morgan fingerprint density at radius 1 is 1.32 bits per heavy atom. The largest absolute Gasteiger partial charge is 0.465 e. The van der Waals surface area contributed by atoms with Gasteiger partial charge in [0, 0.05) is 18.3 Å². The van der Waals surface area contributed by atoms with Crippen LogP contribution in [0.1, 0.15) is 29.7 Å². The lowest BCUT2D eigenvalue weighted by Gasteiger charge is -2.11. The van der Waals surface area contributed by atoms with Crippen LogP contribution in [0.15, 0.2) is 9.95 Å². The second-order valence-electron chi connectivity index (χ2n) is 5.71. The first-order valence-electron chi connectivity index (χ1n) is 7.49. The molecule has 22 heavy (non-hydrogen) atoms.